The number of benzene rings is 1. The first-order chi connectivity index (χ1) is 14.7. The highest BCUT2D eigenvalue weighted by atomic mass is 16.7. The standard InChI is InChI=1S/C23H30BN5O2/c1-16-19(20(28-12-6-7-13-28)29-21(27-16)25-15-26-29)14-17-8-10-18(11-9-17)24-30-22(2,3)23(4,5)31-24/h8-11,15H,6-7,12-14H2,1-5H3. The largest absolute Gasteiger partial charge is 0.494 e. The van der Waals surface area contributed by atoms with Crippen molar-refractivity contribution in [2.45, 2.75) is 65.1 Å². The van der Waals surface area contributed by atoms with Crippen LogP contribution in [0.1, 0.15) is 57.4 Å². The number of fused-ring (bicyclic) bond motifs is 1. The van der Waals surface area contributed by atoms with Gasteiger partial charge in [0.2, 0.25) is 0 Å². The molecule has 0 aliphatic carbocycles. The zero-order valence-electron chi connectivity index (χ0n) is 19.1. The summed E-state index contributed by atoms with van der Waals surface area (Å²) in [6.45, 7) is 12.5. The maximum Gasteiger partial charge on any atom is 0.494 e. The van der Waals surface area contributed by atoms with Crippen molar-refractivity contribution < 1.29 is 9.31 Å². The molecule has 2 aliphatic heterocycles. The van der Waals surface area contributed by atoms with Gasteiger partial charge < -0.3 is 14.2 Å². The summed E-state index contributed by atoms with van der Waals surface area (Å²) in [7, 11) is -0.339. The molecule has 0 amide bonds. The van der Waals surface area contributed by atoms with Crippen molar-refractivity contribution in [3.05, 3.63) is 47.4 Å². The summed E-state index contributed by atoms with van der Waals surface area (Å²) in [4.78, 5) is 11.4. The van der Waals surface area contributed by atoms with Crippen LogP contribution in [0.3, 0.4) is 0 Å². The Bertz CT molecular complexity index is 1090. The maximum absolute atomic E-state index is 6.20. The first-order valence-corrected chi connectivity index (χ1v) is 11.1. The molecule has 0 bridgehead atoms. The fourth-order valence-corrected chi connectivity index (χ4v) is 4.40. The molecule has 31 heavy (non-hydrogen) atoms. The van der Waals surface area contributed by atoms with E-state index in [1.807, 2.05) is 4.52 Å². The van der Waals surface area contributed by atoms with Crippen molar-refractivity contribution >= 4 is 24.2 Å². The van der Waals surface area contributed by atoms with Gasteiger partial charge in [0.1, 0.15) is 12.1 Å². The van der Waals surface area contributed by atoms with E-state index in [9.17, 15) is 0 Å². The van der Waals surface area contributed by atoms with Crippen LogP contribution in [-0.2, 0) is 15.7 Å². The molecule has 1 aromatic carbocycles. The second kappa shape index (κ2) is 7.31. The lowest BCUT2D eigenvalue weighted by molar-refractivity contribution is 0.00578. The molecule has 5 rings (SSSR count). The maximum atomic E-state index is 6.20. The molecule has 0 saturated carbocycles. The van der Waals surface area contributed by atoms with E-state index in [1.54, 1.807) is 6.33 Å². The lowest BCUT2D eigenvalue weighted by Crippen LogP contribution is -2.41. The topological polar surface area (TPSA) is 64.8 Å². The van der Waals surface area contributed by atoms with E-state index in [4.69, 9.17) is 14.3 Å². The summed E-state index contributed by atoms with van der Waals surface area (Å²) >= 11 is 0. The predicted octanol–water partition coefficient (Wildman–Crippen LogP) is 2.92. The average Bonchev–Trinajstić information content (AvgIpc) is 3.43. The summed E-state index contributed by atoms with van der Waals surface area (Å²) in [5.74, 6) is 1.80. The van der Waals surface area contributed by atoms with Gasteiger partial charge in [-0.3, -0.25) is 0 Å². The minimum atomic E-state index is -0.339. The Hall–Kier alpha value is -2.45. The van der Waals surface area contributed by atoms with Crippen molar-refractivity contribution in [1.82, 2.24) is 19.6 Å². The highest BCUT2D eigenvalue weighted by Gasteiger charge is 2.51. The van der Waals surface area contributed by atoms with E-state index in [1.165, 1.54) is 24.0 Å². The highest BCUT2D eigenvalue weighted by Crippen LogP contribution is 2.36. The fraction of sp³-hybridized carbons (Fsp3) is 0.522. The molecule has 0 atom stereocenters. The zero-order valence-corrected chi connectivity index (χ0v) is 19.1. The molecule has 0 radical (unpaired) electrons. The summed E-state index contributed by atoms with van der Waals surface area (Å²) in [5.41, 5.74) is 3.82. The Labute approximate surface area is 183 Å². The third kappa shape index (κ3) is 3.51. The summed E-state index contributed by atoms with van der Waals surface area (Å²) in [6, 6.07) is 8.56. The van der Waals surface area contributed by atoms with Gasteiger partial charge in [-0.25, -0.2) is 4.98 Å². The van der Waals surface area contributed by atoms with Crippen molar-refractivity contribution in [3.8, 4) is 0 Å². The number of anilines is 1. The average molecular weight is 419 g/mol. The number of aryl methyl sites for hydroxylation is 1. The van der Waals surface area contributed by atoms with Gasteiger partial charge >= 0.3 is 7.12 Å². The van der Waals surface area contributed by atoms with Crippen molar-refractivity contribution in [3.63, 3.8) is 0 Å². The van der Waals surface area contributed by atoms with Crippen LogP contribution in [0, 0.1) is 6.92 Å². The molecule has 2 aliphatic rings. The molecule has 162 valence electrons. The van der Waals surface area contributed by atoms with Crippen LogP contribution in [-0.4, -0.2) is 51.0 Å². The Morgan fingerprint density at radius 1 is 1.00 bits per heavy atom. The molecule has 7 nitrogen and oxygen atoms in total. The Morgan fingerprint density at radius 2 is 1.65 bits per heavy atom. The third-order valence-electron chi connectivity index (χ3n) is 7.00. The number of hydrogen-bond donors (Lipinski definition) is 0. The van der Waals surface area contributed by atoms with Gasteiger partial charge in [-0.2, -0.15) is 14.6 Å². The van der Waals surface area contributed by atoms with Crippen LogP contribution in [0.25, 0.3) is 5.78 Å². The lowest BCUT2D eigenvalue weighted by Gasteiger charge is -2.32. The zero-order chi connectivity index (χ0) is 21.8. The lowest BCUT2D eigenvalue weighted by atomic mass is 9.78. The van der Waals surface area contributed by atoms with Crippen LogP contribution in [0.15, 0.2) is 30.6 Å². The van der Waals surface area contributed by atoms with E-state index in [0.29, 0.717) is 5.78 Å². The molecular weight excluding hydrogens is 389 g/mol. The number of aromatic nitrogens is 4. The first-order valence-electron chi connectivity index (χ1n) is 11.1. The van der Waals surface area contributed by atoms with Gasteiger partial charge in [0, 0.05) is 30.8 Å². The van der Waals surface area contributed by atoms with Gasteiger partial charge in [-0.1, -0.05) is 24.3 Å². The van der Waals surface area contributed by atoms with Crippen LogP contribution in [0.5, 0.6) is 0 Å². The second-order valence-electron chi connectivity index (χ2n) is 9.67. The predicted molar refractivity (Wildman–Crippen MR) is 122 cm³/mol. The smallest absolute Gasteiger partial charge is 0.399 e. The molecule has 2 fully saturated rings. The fourth-order valence-electron chi connectivity index (χ4n) is 4.40. The summed E-state index contributed by atoms with van der Waals surface area (Å²) in [6.07, 6.45) is 4.80. The molecule has 2 aromatic heterocycles. The van der Waals surface area contributed by atoms with Crippen LogP contribution in [0.2, 0.25) is 0 Å². The third-order valence-corrected chi connectivity index (χ3v) is 7.00. The van der Waals surface area contributed by atoms with Gasteiger partial charge in [-0.15, -0.1) is 0 Å². The van der Waals surface area contributed by atoms with Gasteiger partial charge in [-0.05, 0) is 58.5 Å². The monoisotopic (exact) mass is 419 g/mol. The van der Waals surface area contributed by atoms with Crippen LogP contribution < -0.4 is 10.4 Å². The number of nitrogens with zero attached hydrogens (tertiary/aromatic N) is 5. The van der Waals surface area contributed by atoms with Crippen molar-refractivity contribution in [1.29, 1.82) is 0 Å². The number of hydrogen-bond acceptors (Lipinski definition) is 6. The Kier molecular flexibility index (Phi) is 4.82. The summed E-state index contributed by atoms with van der Waals surface area (Å²) < 4.78 is 14.3. The van der Waals surface area contributed by atoms with E-state index in [2.05, 4.69) is 73.9 Å². The quantitative estimate of drug-likeness (QED) is 0.606. The normalized spacial score (nSPS) is 20.2. The van der Waals surface area contributed by atoms with Crippen LogP contribution >= 0.6 is 0 Å². The molecule has 0 spiro atoms. The van der Waals surface area contributed by atoms with Crippen LogP contribution in [0.4, 0.5) is 5.82 Å². The van der Waals surface area contributed by atoms with Gasteiger partial charge in [0.05, 0.1) is 11.2 Å². The van der Waals surface area contributed by atoms with Crippen molar-refractivity contribution in [2.75, 3.05) is 18.0 Å². The molecular formula is C23H30BN5O2. The molecule has 0 unspecified atom stereocenters. The van der Waals surface area contributed by atoms with E-state index >= 15 is 0 Å². The Balaban J connectivity index is 1.44. The highest BCUT2D eigenvalue weighted by molar-refractivity contribution is 6.62. The second-order valence-corrected chi connectivity index (χ2v) is 9.67. The van der Waals surface area contributed by atoms with Crippen molar-refractivity contribution in [2.24, 2.45) is 0 Å². The first kappa shape index (κ1) is 20.5. The van der Waals surface area contributed by atoms with Gasteiger partial charge in [0.25, 0.3) is 5.78 Å². The minimum Gasteiger partial charge on any atom is -0.399 e. The van der Waals surface area contributed by atoms with E-state index in [-0.39, 0.29) is 18.3 Å². The number of rotatable bonds is 4. The van der Waals surface area contributed by atoms with Gasteiger partial charge in [0.15, 0.2) is 0 Å². The van der Waals surface area contributed by atoms with E-state index < -0.39 is 0 Å². The molecule has 3 aromatic rings. The summed E-state index contributed by atoms with van der Waals surface area (Å²) in [5, 5.41) is 4.47. The van der Waals surface area contributed by atoms with E-state index in [0.717, 1.165) is 36.5 Å². The Morgan fingerprint density at radius 3 is 2.29 bits per heavy atom. The SMILES string of the molecule is Cc1nc2ncnn2c(N2CCCC2)c1Cc1ccc(B2OC(C)(C)C(C)(C)O2)cc1. The molecule has 4 heterocycles. The molecule has 2 saturated heterocycles. The molecule has 8 heteroatoms. The minimum absolute atomic E-state index is 0.336. The molecule has 0 N–H and O–H groups in total.